The van der Waals surface area contributed by atoms with Crippen LogP contribution >= 0.6 is 0 Å². The fraction of sp³-hybridized carbons (Fsp3) is 0.737. The van der Waals surface area contributed by atoms with Crippen molar-refractivity contribution in [1.82, 2.24) is 24.0 Å². The molecule has 2 aromatic rings. The molecule has 0 aromatic carbocycles. The maximum atomic E-state index is 13.0. The Morgan fingerprint density at radius 1 is 1.30 bits per heavy atom. The first-order valence-corrected chi connectivity index (χ1v) is 11.7. The second-order valence-corrected chi connectivity index (χ2v) is 10.2. The van der Waals surface area contributed by atoms with Gasteiger partial charge in [0, 0.05) is 46.5 Å². The normalized spacial score (nSPS) is 22.6. The fourth-order valence-corrected chi connectivity index (χ4v) is 5.85. The third-order valence-corrected chi connectivity index (χ3v) is 7.94. The van der Waals surface area contributed by atoms with Crippen LogP contribution in [0, 0.1) is 12.8 Å². The zero-order valence-electron chi connectivity index (χ0n) is 17.7. The number of aryl methyl sites for hydroxylation is 2. The molecule has 0 aliphatic carbocycles. The first-order valence-electron chi connectivity index (χ1n) is 10.3. The molecule has 30 heavy (non-hydrogen) atoms. The minimum absolute atomic E-state index is 0.116. The first kappa shape index (κ1) is 21.4. The lowest BCUT2D eigenvalue weighted by Gasteiger charge is -2.45. The molecule has 4 heterocycles. The quantitative estimate of drug-likeness (QED) is 0.665. The maximum absolute atomic E-state index is 13.0. The minimum atomic E-state index is -3.58. The van der Waals surface area contributed by atoms with Crippen molar-refractivity contribution in [1.29, 1.82) is 0 Å². The van der Waals surface area contributed by atoms with Crippen LogP contribution in [0.1, 0.15) is 43.2 Å². The highest BCUT2D eigenvalue weighted by Gasteiger charge is 2.43. The number of methoxy groups -OCH3 is 1. The summed E-state index contributed by atoms with van der Waals surface area (Å²) in [6.45, 7) is 3.64. The molecule has 1 spiro atoms. The van der Waals surface area contributed by atoms with Gasteiger partial charge >= 0.3 is 0 Å². The molecule has 2 aromatic heterocycles. The number of piperidine rings is 1. The third-order valence-electron chi connectivity index (χ3n) is 6.17. The van der Waals surface area contributed by atoms with E-state index in [1.54, 1.807) is 31.8 Å². The van der Waals surface area contributed by atoms with Gasteiger partial charge in [0.25, 0.3) is 15.9 Å². The van der Waals surface area contributed by atoms with Crippen LogP contribution in [0.4, 0.5) is 0 Å². The summed E-state index contributed by atoms with van der Waals surface area (Å²) in [6, 6.07) is 0. The highest BCUT2D eigenvalue weighted by atomic mass is 32.2. The van der Waals surface area contributed by atoms with Crippen LogP contribution in [-0.2, 0) is 39.6 Å². The van der Waals surface area contributed by atoms with E-state index in [1.165, 1.54) is 4.31 Å². The van der Waals surface area contributed by atoms with Crippen LogP contribution in [0.3, 0.4) is 0 Å². The van der Waals surface area contributed by atoms with Gasteiger partial charge in [-0.15, -0.1) is 0 Å². The monoisotopic (exact) mass is 439 g/mol. The van der Waals surface area contributed by atoms with Crippen LogP contribution in [0.2, 0.25) is 0 Å². The molecule has 1 unspecified atom stereocenters. The van der Waals surface area contributed by atoms with Gasteiger partial charge in [-0.2, -0.15) is 9.29 Å². The molecule has 1 atom stereocenters. The number of hydrogen-bond donors (Lipinski definition) is 0. The first-order chi connectivity index (χ1) is 14.3. The molecule has 2 aliphatic heterocycles. The Morgan fingerprint density at radius 3 is 2.73 bits per heavy atom. The summed E-state index contributed by atoms with van der Waals surface area (Å²) in [6.07, 6.45) is 5.47. The molecule has 4 rings (SSSR count). The van der Waals surface area contributed by atoms with Crippen molar-refractivity contribution in [2.45, 2.75) is 56.3 Å². The smallest absolute Gasteiger partial charge is 0.262 e. The molecule has 0 saturated carbocycles. The number of nitrogens with zero attached hydrogens (tertiary/aromatic N) is 5. The van der Waals surface area contributed by atoms with Gasteiger partial charge in [-0.05, 0) is 38.5 Å². The molecule has 0 bridgehead atoms. The van der Waals surface area contributed by atoms with E-state index in [-0.39, 0.29) is 10.6 Å². The van der Waals surface area contributed by atoms with E-state index in [0.29, 0.717) is 62.6 Å². The van der Waals surface area contributed by atoms with Crippen molar-refractivity contribution in [3.05, 3.63) is 23.7 Å². The number of imidazole rings is 1. The number of ether oxygens (including phenoxy) is 2. The van der Waals surface area contributed by atoms with E-state index in [9.17, 15) is 8.42 Å². The Kier molecular flexibility index (Phi) is 5.97. The zero-order valence-corrected chi connectivity index (χ0v) is 18.5. The van der Waals surface area contributed by atoms with Crippen molar-refractivity contribution in [2.24, 2.45) is 13.0 Å². The number of sulfonamides is 1. The predicted octanol–water partition coefficient (Wildman–Crippen LogP) is 1.45. The number of hydrogen-bond acceptors (Lipinski definition) is 8. The van der Waals surface area contributed by atoms with Crippen LogP contribution in [0.5, 0.6) is 0 Å². The van der Waals surface area contributed by atoms with Crippen LogP contribution in [0.15, 0.2) is 15.7 Å². The topological polar surface area (TPSA) is 113 Å². The van der Waals surface area contributed by atoms with E-state index in [0.717, 1.165) is 19.3 Å². The van der Waals surface area contributed by atoms with Gasteiger partial charge in [-0.1, -0.05) is 5.16 Å². The van der Waals surface area contributed by atoms with Crippen LogP contribution < -0.4 is 0 Å². The molecule has 2 aliphatic rings. The lowest BCUT2D eigenvalue weighted by atomic mass is 9.78. The SMILES string of the molecule is COCc1nc(CC2CCOC3(CCN(S(=O)(=O)c4cn(C)c(C)n4)CC3)C2)no1. The van der Waals surface area contributed by atoms with Crippen LogP contribution in [-0.4, -0.2) is 64.8 Å². The summed E-state index contributed by atoms with van der Waals surface area (Å²) in [5, 5.41) is 4.16. The molecule has 0 radical (unpaired) electrons. The molecule has 0 N–H and O–H groups in total. The van der Waals surface area contributed by atoms with Crippen LogP contribution in [0.25, 0.3) is 0 Å². The fourth-order valence-electron chi connectivity index (χ4n) is 4.38. The highest BCUT2D eigenvalue weighted by Crippen LogP contribution is 2.39. The average Bonchev–Trinajstić information content (AvgIpc) is 3.29. The van der Waals surface area contributed by atoms with Gasteiger partial charge in [-0.25, -0.2) is 13.4 Å². The van der Waals surface area contributed by atoms with Gasteiger partial charge in [0.15, 0.2) is 10.9 Å². The molecular formula is C19H29N5O5S. The van der Waals surface area contributed by atoms with E-state index in [1.807, 2.05) is 0 Å². The second-order valence-electron chi connectivity index (χ2n) is 8.27. The molecule has 10 nitrogen and oxygen atoms in total. The summed E-state index contributed by atoms with van der Waals surface area (Å²) < 4.78 is 45.6. The van der Waals surface area contributed by atoms with Gasteiger partial charge in [0.1, 0.15) is 12.4 Å². The number of rotatable bonds is 6. The Labute approximate surface area is 176 Å². The largest absolute Gasteiger partial charge is 0.375 e. The lowest BCUT2D eigenvalue weighted by Crippen LogP contribution is -2.51. The third kappa shape index (κ3) is 4.29. The molecule has 166 valence electrons. The molecular weight excluding hydrogens is 410 g/mol. The predicted molar refractivity (Wildman–Crippen MR) is 106 cm³/mol. The van der Waals surface area contributed by atoms with E-state index < -0.39 is 10.0 Å². The second kappa shape index (κ2) is 8.37. The average molecular weight is 440 g/mol. The maximum Gasteiger partial charge on any atom is 0.262 e. The summed E-state index contributed by atoms with van der Waals surface area (Å²) >= 11 is 0. The van der Waals surface area contributed by atoms with Crippen molar-refractivity contribution in [2.75, 3.05) is 26.8 Å². The summed E-state index contributed by atoms with van der Waals surface area (Å²) in [5.41, 5.74) is -0.284. The zero-order chi connectivity index (χ0) is 21.4. The summed E-state index contributed by atoms with van der Waals surface area (Å²) in [7, 11) is -0.195. The van der Waals surface area contributed by atoms with Crippen molar-refractivity contribution < 1.29 is 22.4 Å². The Hall–Kier alpha value is -1.82. The standard InChI is InChI=1S/C19H29N5O5S/c1-14-20-18(12-23(14)2)30(25,26)24-7-5-19(6-8-24)11-15(4-9-28-19)10-16-21-17(13-27-3)29-22-16/h12,15H,4-11,13H2,1-3H3. The van der Waals surface area contributed by atoms with E-state index >= 15 is 0 Å². The van der Waals surface area contributed by atoms with Crippen molar-refractivity contribution in [3.63, 3.8) is 0 Å². The summed E-state index contributed by atoms with van der Waals surface area (Å²) in [5.74, 6) is 2.23. The van der Waals surface area contributed by atoms with E-state index in [2.05, 4.69) is 15.1 Å². The van der Waals surface area contributed by atoms with Gasteiger partial charge in [0.05, 0.1) is 5.60 Å². The minimum Gasteiger partial charge on any atom is -0.375 e. The highest BCUT2D eigenvalue weighted by molar-refractivity contribution is 7.89. The molecule has 2 fully saturated rings. The van der Waals surface area contributed by atoms with Gasteiger partial charge in [-0.3, -0.25) is 0 Å². The van der Waals surface area contributed by atoms with Crippen molar-refractivity contribution in [3.8, 4) is 0 Å². The lowest BCUT2D eigenvalue weighted by molar-refractivity contribution is -0.120. The molecule has 11 heteroatoms. The molecule has 2 saturated heterocycles. The van der Waals surface area contributed by atoms with Gasteiger partial charge < -0.3 is 18.6 Å². The Morgan fingerprint density at radius 2 is 2.07 bits per heavy atom. The van der Waals surface area contributed by atoms with E-state index in [4.69, 9.17) is 14.0 Å². The Bertz CT molecular complexity index is 958. The summed E-state index contributed by atoms with van der Waals surface area (Å²) in [4.78, 5) is 8.58. The van der Waals surface area contributed by atoms with Gasteiger partial charge in [0.2, 0.25) is 0 Å². The Balaban J connectivity index is 1.38. The van der Waals surface area contributed by atoms with Crippen molar-refractivity contribution >= 4 is 10.0 Å². The molecule has 0 amide bonds. The number of aromatic nitrogens is 4.